The van der Waals surface area contributed by atoms with Crippen molar-refractivity contribution in [1.82, 2.24) is 15.5 Å². The van der Waals surface area contributed by atoms with Gasteiger partial charge in [-0.25, -0.2) is 0 Å². The van der Waals surface area contributed by atoms with Crippen LogP contribution in [0, 0.1) is 0 Å². The average Bonchev–Trinajstić information content (AvgIpc) is 3.02. The van der Waals surface area contributed by atoms with Crippen LogP contribution in [0.15, 0.2) is 4.42 Å². The third-order valence-electron chi connectivity index (χ3n) is 5.67. The van der Waals surface area contributed by atoms with E-state index < -0.39 is 49.1 Å². The number of halogens is 6. The summed E-state index contributed by atoms with van der Waals surface area (Å²) in [6, 6.07) is 0. The number of ether oxygens (including phenoxy) is 4. The van der Waals surface area contributed by atoms with Crippen LogP contribution < -0.4 is 10.1 Å². The molecular weight excluding hydrogens is 456 g/mol. The van der Waals surface area contributed by atoms with Crippen LogP contribution in [-0.2, 0) is 24.4 Å². The maximum Gasteiger partial charge on any atom is 0.522 e. The number of rotatable bonds is 10. The SMILES string of the molecule is O=C(COC1CC(OC(F)(F)F)C1)NC12CC(c3nnc(OCCOC(F)(F)F)o3)(C1)C2. The second-order valence-corrected chi connectivity index (χ2v) is 8.24. The minimum atomic E-state index is -4.75. The molecule has 180 valence electrons. The Labute approximate surface area is 176 Å². The summed E-state index contributed by atoms with van der Waals surface area (Å²) in [4.78, 5) is 12.1. The fourth-order valence-corrected chi connectivity index (χ4v) is 4.38. The molecule has 4 aliphatic rings. The molecule has 0 unspecified atom stereocenters. The van der Waals surface area contributed by atoms with E-state index >= 15 is 0 Å². The van der Waals surface area contributed by atoms with Crippen molar-refractivity contribution in [3.63, 3.8) is 0 Å². The number of carbonyl (C=O) groups excluding carboxylic acids is 1. The second-order valence-electron chi connectivity index (χ2n) is 8.24. The number of aromatic nitrogens is 2. The average molecular weight is 475 g/mol. The zero-order valence-corrected chi connectivity index (χ0v) is 16.4. The molecule has 32 heavy (non-hydrogen) atoms. The summed E-state index contributed by atoms with van der Waals surface area (Å²) in [6.45, 7) is -1.41. The van der Waals surface area contributed by atoms with Crippen LogP contribution in [0.5, 0.6) is 6.08 Å². The first-order valence-electron chi connectivity index (χ1n) is 9.70. The molecule has 0 spiro atoms. The van der Waals surface area contributed by atoms with E-state index in [1.54, 1.807) is 0 Å². The normalized spacial score (nSPS) is 31.3. The standard InChI is InChI=1S/C17H19F6N3O6/c18-16(19,20)30-2-1-28-13-26-25-12(31-13)14-6-15(7-14,8-14)24-11(27)5-29-9-3-10(4-9)32-17(21,22)23/h9-10H,1-8H2,(H,24,27). The minimum absolute atomic E-state index is 0.0743. The molecule has 1 aromatic rings. The van der Waals surface area contributed by atoms with E-state index in [9.17, 15) is 31.1 Å². The van der Waals surface area contributed by atoms with Crippen LogP contribution in [0.2, 0.25) is 0 Å². The summed E-state index contributed by atoms with van der Waals surface area (Å²) < 4.78 is 94.9. The van der Waals surface area contributed by atoms with Gasteiger partial charge in [0.1, 0.15) is 13.2 Å². The predicted molar refractivity (Wildman–Crippen MR) is 88.1 cm³/mol. The van der Waals surface area contributed by atoms with Gasteiger partial charge in [0.25, 0.3) is 0 Å². The highest BCUT2D eigenvalue weighted by Crippen LogP contribution is 2.67. The lowest BCUT2D eigenvalue weighted by Crippen LogP contribution is -2.77. The van der Waals surface area contributed by atoms with Crippen molar-refractivity contribution >= 4 is 5.91 Å². The van der Waals surface area contributed by atoms with Gasteiger partial charge in [0, 0.05) is 18.4 Å². The first kappa shape index (κ1) is 23.0. The Morgan fingerprint density at radius 1 is 1.03 bits per heavy atom. The molecule has 1 heterocycles. The van der Waals surface area contributed by atoms with Crippen LogP contribution in [0.3, 0.4) is 0 Å². The highest BCUT2D eigenvalue weighted by Gasteiger charge is 2.71. The summed E-state index contributed by atoms with van der Waals surface area (Å²) in [5, 5.41) is 10.3. The number of alkyl halides is 6. The Kier molecular flexibility index (Phi) is 5.78. The highest BCUT2D eigenvalue weighted by atomic mass is 19.4. The molecule has 9 nitrogen and oxygen atoms in total. The second kappa shape index (κ2) is 8.02. The van der Waals surface area contributed by atoms with Gasteiger partial charge in [-0.1, -0.05) is 5.10 Å². The van der Waals surface area contributed by atoms with E-state index in [1.165, 1.54) is 0 Å². The van der Waals surface area contributed by atoms with Crippen molar-refractivity contribution < 1.29 is 54.5 Å². The van der Waals surface area contributed by atoms with Gasteiger partial charge in [-0.05, 0) is 19.3 Å². The topological polar surface area (TPSA) is 105 Å². The molecule has 1 amide bonds. The summed E-state index contributed by atoms with van der Waals surface area (Å²) >= 11 is 0. The Morgan fingerprint density at radius 2 is 1.72 bits per heavy atom. The van der Waals surface area contributed by atoms with E-state index in [1.807, 2.05) is 0 Å². The first-order valence-corrected chi connectivity index (χ1v) is 9.70. The summed E-state index contributed by atoms with van der Waals surface area (Å²) in [5.74, 6) is -0.0977. The lowest BCUT2D eigenvalue weighted by atomic mass is 9.39. The van der Waals surface area contributed by atoms with E-state index in [0.717, 1.165) is 0 Å². The maximum absolute atomic E-state index is 12.1. The molecular formula is C17H19F6N3O6. The number of nitrogens with one attached hydrogen (secondary N) is 1. The molecule has 0 atom stereocenters. The molecule has 0 saturated heterocycles. The minimum Gasteiger partial charge on any atom is -0.447 e. The van der Waals surface area contributed by atoms with Crippen LogP contribution in [0.4, 0.5) is 26.3 Å². The fraction of sp³-hybridized carbons (Fsp3) is 0.824. The Morgan fingerprint density at radius 3 is 2.34 bits per heavy atom. The molecule has 0 radical (unpaired) electrons. The molecule has 4 aliphatic carbocycles. The van der Waals surface area contributed by atoms with E-state index in [-0.39, 0.29) is 37.3 Å². The summed E-state index contributed by atoms with van der Waals surface area (Å²) in [7, 11) is 0. The van der Waals surface area contributed by atoms with Crippen molar-refractivity contribution in [2.75, 3.05) is 19.8 Å². The molecule has 5 rings (SSSR count). The van der Waals surface area contributed by atoms with Gasteiger partial charge < -0.3 is 19.2 Å². The van der Waals surface area contributed by atoms with E-state index in [0.29, 0.717) is 19.3 Å². The molecule has 4 fully saturated rings. The number of hydrogen-bond acceptors (Lipinski definition) is 8. The first-order chi connectivity index (χ1) is 14.9. The Bertz CT molecular complexity index is 818. The van der Waals surface area contributed by atoms with Crippen molar-refractivity contribution in [1.29, 1.82) is 0 Å². The number of hydrogen-bond donors (Lipinski definition) is 1. The van der Waals surface area contributed by atoms with Gasteiger partial charge in [-0.2, -0.15) is 0 Å². The van der Waals surface area contributed by atoms with Crippen LogP contribution >= 0.6 is 0 Å². The number of amides is 1. The van der Waals surface area contributed by atoms with E-state index in [2.05, 4.69) is 25.0 Å². The molecule has 4 saturated carbocycles. The van der Waals surface area contributed by atoms with Gasteiger partial charge >= 0.3 is 18.8 Å². The molecule has 15 heteroatoms. The summed E-state index contributed by atoms with van der Waals surface area (Å²) in [6.07, 6.45) is -9.33. The molecule has 1 aromatic heterocycles. The summed E-state index contributed by atoms with van der Waals surface area (Å²) in [5.41, 5.74) is -0.848. The number of nitrogens with zero attached hydrogens (tertiary/aromatic N) is 2. The lowest BCUT2D eigenvalue weighted by Gasteiger charge is -2.68. The van der Waals surface area contributed by atoms with Crippen LogP contribution in [0.25, 0.3) is 0 Å². The van der Waals surface area contributed by atoms with Gasteiger partial charge in [-0.15, -0.1) is 31.4 Å². The van der Waals surface area contributed by atoms with Crippen LogP contribution in [-0.4, -0.2) is 66.4 Å². The smallest absolute Gasteiger partial charge is 0.447 e. The lowest BCUT2D eigenvalue weighted by molar-refractivity contribution is -0.357. The Hall–Kier alpha value is -2.13. The van der Waals surface area contributed by atoms with Gasteiger partial charge in [0.05, 0.1) is 24.2 Å². The Balaban J connectivity index is 1.12. The largest absolute Gasteiger partial charge is 0.522 e. The maximum atomic E-state index is 12.1. The van der Waals surface area contributed by atoms with E-state index in [4.69, 9.17) is 13.9 Å². The monoisotopic (exact) mass is 475 g/mol. The van der Waals surface area contributed by atoms with Crippen molar-refractivity contribution in [2.24, 2.45) is 0 Å². The number of carbonyl (C=O) groups is 1. The van der Waals surface area contributed by atoms with Gasteiger partial charge in [-0.3, -0.25) is 14.3 Å². The third kappa shape index (κ3) is 5.26. The molecule has 2 bridgehead atoms. The predicted octanol–water partition coefficient (Wildman–Crippen LogP) is 2.36. The van der Waals surface area contributed by atoms with Gasteiger partial charge in [0.15, 0.2) is 0 Å². The highest BCUT2D eigenvalue weighted by molar-refractivity contribution is 5.79. The van der Waals surface area contributed by atoms with Crippen molar-refractivity contribution in [3.05, 3.63) is 5.89 Å². The van der Waals surface area contributed by atoms with Crippen molar-refractivity contribution in [3.8, 4) is 6.08 Å². The quantitative estimate of drug-likeness (QED) is 0.406. The van der Waals surface area contributed by atoms with Crippen LogP contribution in [0.1, 0.15) is 38.0 Å². The van der Waals surface area contributed by atoms with Crippen molar-refractivity contribution in [2.45, 2.75) is 68.0 Å². The molecule has 0 aliphatic heterocycles. The molecule has 1 N–H and O–H groups in total. The zero-order valence-electron chi connectivity index (χ0n) is 16.4. The van der Waals surface area contributed by atoms with Gasteiger partial charge in [0.2, 0.25) is 11.8 Å². The zero-order chi connectivity index (χ0) is 23.2. The fourth-order valence-electron chi connectivity index (χ4n) is 4.38. The molecule has 0 aromatic carbocycles. The third-order valence-corrected chi connectivity index (χ3v) is 5.67.